The summed E-state index contributed by atoms with van der Waals surface area (Å²) in [6.45, 7) is 31.3. The van der Waals surface area contributed by atoms with E-state index in [1.165, 1.54) is 20.8 Å². The first kappa shape index (κ1) is 85.6. The Labute approximate surface area is 532 Å². The molecule has 0 saturated carbocycles. The lowest BCUT2D eigenvalue weighted by Gasteiger charge is -2.44. The molecule has 0 aromatic rings. The van der Waals surface area contributed by atoms with Crippen LogP contribution in [0.5, 0.6) is 0 Å². The van der Waals surface area contributed by atoms with Gasteiger partial charge in [0.1, 0.15) is 24.9 Å². The van der Waals surface area contributed by atoms with Gasteiger partial charge in [0.25, 0.3) is 8.53 Å². The van der Waals surface area contributed by atoms with Gasteiger partial charge in [-0.15, -0.1) is 0 Å². The summed E-state index contributed by atoms with van der Waals surface area (Å²) in [5, 5.41) is 56.8. The molecule has 16 atom stereocenters. The van der Waals surface area contributed by atoms with Gasteiger partial charge >= 0.3 is 10.4 Å². The maximum atomic E-state index is 11.8. The largest absolute Gasteiger partial charge is 0.396 e. The van der Waals surface area contributed by atoms with Gasteiger partial charge in [-0.3, -0.25) is 23.5 Å². The van der Waals surface area contributed by atoms with E-state index in [0.717, 1.165) is 77.0 Å². The zero-order valence-corrected chi connectivity index (χ0v) is 56.1. The highest BCUT2D eigenvalue weighted by atomic mass is 32.3. The SMILES string of the molecule is CC(=O)NC1C(OCCCCCCO)OC(CN=[N+]=[N-])C(C)C1C.CC(=O)NC1C(OCCCCCCO)OC(CN=[N+]=[N-])C(O)C1O.O=S(=O)(O)O.[C-]#[N+]CCOP(OCCCCCCOC1OC(CN=[N+]=[N-])C(C)C(C)C1NC(C)=O)N(C(C)C)C(C)C. The van der Waals surface area contributed by atoms with E-state index < -0.39 is 62.1 Å². The highest BCUT2D eigenvalue weighted by molar-refractivity contribution is 7.79. The molecule has 3 heterocycles. The third-order valence-corrected chi connectivity index (χ3v) is 16.9. The number of carbonyl (C=O) groups is 3. The lowest BCUT2D eigenvalue weighted by atomic mass is 9.82. The summed E-state index contributed by atoms with van der Waals surface area (Å²) in [6.07, 6.45) is 4.48. The Hall–Kier alpha value is -4.39. The number of hydrogen-bond acceptors (Lipinski definition) is 21. The number of azide groups is 3. The molecule has 33 nitrogen and oxygen atoms in total. The minimum atomic E-state index is -4.67. The molecule has 9 N–H and O–H groups in total. The van der Waals surface area contributed by atoms with Crippen molar-refractivity contribution in [3.05, 3.63) is 42.7 Å². The second-order valence-corrected chi connectivity index (χ2v) is 24.9. The van der Waals surface area contributed by atoms with Gasteiger partial charge in [0.15, 0.2) is 18.9 Å². The van der Waals surface area contributed by atoms with Gasteiger partial charge in [0.2, 0.25) is 24.3 Å². The summed E-state index contributed by atoms with van der Waals surface area (Å²) in [5.74, 6) is -0.131. The van der Waals surface area contributed by atoms with E-state index in [2.05, 4.69) is 97.1 Å². The van der Waals surface area contributed by atoms with E-state index in [1.807, 2.05) is 13.8 Å². The number of unbranched alkanes of at least 4 members (excludes halogenated alkanes) is 9. The maximum Gasteiger partial charge on any atom is 0.394 e. The van der Waals surface area contributed by atoms with Crippen molar-refractivity contribution in [2.75, 3.05) is 72.4 Å². The van der Waals surface area contributed by atoms with E-state index in [0.29, 0.717) is 39.6 Å². The molecule has 3 rings (SSSR count). The number of carbonyl (C=O) groups excluding carboxylic acids is 3. The standard InChI is InChI=1S/C25H47N6O5P.C16H30N4O4.C14H26N4O6.H2O4S/c1-18(2)31(19(3)4)37(35-16-13-27-8)34-15-12-10-9-11-14-33-25-24(29-22(7)32)21(6)20(5)23(36-25)17-28-30-26;1-11-12(2)15(19-13(3)22)16(24-14(11)10-18-20-17)23-9-7-5-4-6-8-21;1-9(20)17-11-13(22)12(21)10(8-16-18-15)24-14(11)23-7-5-3-2-4-6-19;1-5(2,3)4/h18-21,23-25H,9-17H2,1-7H3,(H,29,32);11-12,14-16,21H,4-10H2,1-3H3,(H,19,22);10-14,19,21-22H,2-8H2,1H3,(H,17,20);(H2,1,2,3,4). The lowest BCUT2D eigenvalue weighted by Crippen LogP contribution is -2.64. The maximum absolute atomic E-state index is 11.8. The Bertz CT molecular complexity index is 2190. The summed E-state index contributed by atoms with van der Waals surface area (Å²) < 4.78 is 81.0. The molecule has 16 unspecified atom stereocenters. The van der Waals surface area contributed by atoms with Crippen LogP contribution in [0.15, 0.2) is 15.3 Å². The van der Waals surface area contributed by atoms with E-state index in [4.69, 9.17) is 88.4 Å². The Morgan fingerprint density at radius 1 is 0.544 bits per heavy atom. The number of aliphatic hydroxyl groups is 4. The molecule has 0 spiro atoms. The average Bonchev–Trinajstić information content (AvgIpc) is 1.28. The third-order valence-electron chi connectivity index (χ3n) is 14.8. The molecule has 3 aliphatic heterocycles. The number of ether oxygens (including phenoxy) is 6. The van der Waals surface area contributed by atoms with Crippen LogP contribution in [0.1, 0.15) is 153 Å². The van der Waals surface area contributed by atoms with Crippen molar-refractivity contribution in [2.45, 2.75) is 233 Å². The van der Waals surface area contributed by atoms with Gasteiger partial charge < -0.3 is 78.7 Å². The van der Waals surface area contributed by atoms with Crippen molar-refractivity contribution in [3.63, 3.8) is 0 Å². The first-order valence-electron chi connectivity index (χ1n) is 30.8. The smallest absolute Gasteiger partial charge is 0.394 e. The zero-order chi connectivity index (χ0) is 68.2. The molecule has 3 fully saturated rings. The summed E-state index contributed by atoms with van der Waals surface area (Å²) in [5.41, 5.74) is 25.6. The van der Waals surface area contributed by atoms with Crippen molar-refractivity contribution in [2.24, 2.45) is 39.0 Å². The van der Waals surface area contributed by atoms with Crippen LogP contribution in [0.25, 0.3) is 36.2 Å². The minimum absolute atomic E-state index is 0.111. The van der Waals surface area contributed by atoms with Crippen molar-refractivity contribution < 1.29 is 89.8 Å². The molecule has 3 amide bonds. The van der Waals surface area contributed by atoms with Crippen LogP contribution < -0.4 is 16.0 Å². The van der Waals surface area contributed by atoms with Crippen LogP contribution in [0.4, 0.5) is 0 Å². The molecule has 0 radical (unpaired) electrons. The van der Waals surface area contributed by atoms with Gasteiger partial charge in [-0.2, -0.15) is 8.42 Å². The van der Waals surface area contributed by atoms with Crippen LogP contribution in [0.2, 0.25) is 0 Å². The number of aliphatic hydroxyl groups excluding tert-OH is 4. The van der Waals surface area contributed by atoms with E-state index in [1.54, 1.807) is 0 Å². The second kappa shape index (κ2) is 50.1. The van der Waals surface area contributed by atoms with Crippen LogP contribution in [-0.4, -0.2) is 212 Å². The molecule has 0 aliphatic carbocycles. The number of amides is 3. The first-order chi connectivity index (χ1) is 42.6. The number of nitrogens with one attached hydrogen (secondary N) is 3. The topological polar surface area (TPSA) is 471 Å². The summed E-state index contributed by atoms with van der Waals surface area (Å²) in [7, 11) is -5.86. The summed E-state index contributed by atoms with van der Waals surface area (Å²) >= 11 is 0. The fourth-order valence-corrected chi connectivity index (χ4v) is 11.5. The molecular formula is C55H105N14O19PS. The predicted molar refractivity (Wildman–Crippen MR) is 334 cm³/mol. The highest BCUT2D eigenvalue weighted by Gasteiger charge is 2.46. The highest BCUT2D eigenvalue weighted by Crippen LogP contribution is 2.46. The molecule has 520 valence electrons. The molecule has 0 aromatic carbocycles. The predicted octanol–water partition coefficient (Wildman–Crippen LogP) is 7.21. The van der Waals surface area contributed by atoms with Crippen LogP contribution in [0, 0.1) is 30.2 Å². The van der Waals surface area contributed by atoms with E-state index in [-0.39, 0.29) is 111 Å². The summed E-state index contributed by atoms with van der Waals surface area (Å²) in [4.78, 5) is 46.2. The van der Waals surface area contributed by atoms with Crippen molar-refractivity contribution in [1.82, 2.24) is 20.6 Å². The van der Waals surface area contributed by atoms with Crippen LogP contribution in [0.3, 0.4) is 0 Å². The minimum Gasteiger partial charge on any atom is -0.396 e. The van der Waals surface area contributed by atoms with Crippen molar-refractivity contribution >= 4 is 36.6 Å². The van der Waals surface area contributed by atoms with Crippen LogP contribution in [-0.2, 0) is 62.3 Å². The van der Waals surface area contributed by atoms with Gasteiger partial charge in [0.05, 0.1) is 56.6 Å². The number of rotatable bonds is 38. The molecular weight excluding hydrogens is 1220 g/mol. The molecule has 0 aromatic heterocycles. The fraction of sp³-hybridized carbons (Fsp3) is 0.927. The molecule has 90 heavy (non-hydrogen) atoms. The normalized spacial score (nSPS) is 26.6. The van der Waals surface area contributed by atoms with Gasteiger partial charge in [-0.25, -0.2) is 11.2 Å². The molecule has 0 bridgehead atoms. The second-order valence-electron chi connectivity index (χ2n) is 22.6. The Balaban J connectivity index is 0.00000131. The van der Waals surface area contributed by atoms with Gasteiger partial charge in [-0.05, 0) is 106 Å². The monoisotopic (exact) mass is 1330 g/mol. The molecule has 3 saturated heterocycles. The first-order valence-corrected chi connectivity index (χ1v) is 33.3. The molecule has 35 heteroatoms. The molecule has 3 aliphatic rings. The van der Waals surface area contributed by atoms with Crippen LogP contribution >= 0.6 is 8.53 Å². The number of hydrogen-bond donors (Lipinski definition) is 9. The fourth-order valence-electron chi connectivity index (χ4n) is 9.87. The Kier molecular flexibility index (Phi) is 47.7. The third kappa shape index (κ3) is 37.3. The van der Waals surface area contributed by atoms with E-state index in [9.17, 15) is 24.6 Å². The summed E-state index contributed by atoms with van der Waals surface area (Å²) in [6, 6.07) is -0.822. The van der Waals surface area contributed by atoms with Crippen molar-refractivity contribution in [3.8, 4) is 0 Å². The average molecular weight is 1330 g/mol. The van der Waals surface area contributed by atoms with E-state index >= 15 is 0 Å². The Morgan fingerprint density at radius 3 is 1.21 bits per heavy atom. The Morgan fingerprint density at radius 2 is 0.867 bits per heavy atom. The zero-order valence-electron chi connectivity index (χ0n) is 54.3. The number of nitrogens with zero attached hydrogens (tertiary/aromatic N) is 11. The lowest BCUT2D eigenvalue weighted by molar-refractivity contribution is -0.262. The van der Waals surface area contributed by atoms with Gasteiger partial charge in [0, 0.05) is 80.6 Å². The van der Waals surface area contributed by atoms with Gasteiger partial charge in [-0.1, -0.05) is 81.6 Å². The van der Waals surface area contributed by atoms with Crippen molar-refractivity contribution in [1.29, 1.82) is 0 Å². The quantitative estimate of drug-likeness (QED) is 0.00560.